The molecule has 1 fully saturated rings. The quantitative estimate of drug-likeness (QED) is 0.271. The number of carbonyl (C=O) groups excluding carboxylic acids is 1. The van der Waals surface area contributed by atoms with Crippen molar-refractivity contribution in [2.75, 3.05) is 55.6 Å². The number of hydrogen-bond acceptors (Lipinski definition) is 7. The maximum absolute atomic E-state index is 13.8. The van der Waals surface area contributed by atoms with Gasteiger partial charge in [-0.25, -0.2) is 13.4 Å². The second-order valence-electron chi connectivity index (χ2n) is 9.18. The lowest BCUT2D eigenvalue weighted by Crippen LogP contribution is -2.39. The molecule has 39 heavy (non-hydrogen) atoms. The maximum atomic E-state index is 13.8. The summed E-state index contributed by atoms with van der Waals surface area (Å²) in [6.45, 7) is 4.48. The van der Waals surface area contributed by atoms with Gasteiger partial charge in [0.05, 0.1) is 33.5 Å². The number of anilines is 2. The molecule has 1 amide bonds. The van der Waals surface area contributed by atoms with Crippen molar-refractivity contribution in [1.82, 2.24) is 9.88 Å². The van der Waals surface area contributed by atoms with Gasteiger partial charge in [-0.1, -0.05) is 47.2 Å². The number of rotatable bonds is 9. The van der Waals surface area contributed by atoms with Crippen molar-refractivity contribution in [3.05, 3.63) is 83.4 Å². The summed E-state index contributed by atoms with van der Waals surface area (Å²) in [6, 6.07) is 20.5. The number of amides is 1. The van der Waals surface area contributed by atoms with Gasteiger partial charge in [-0.15, -0.1) is 0 Å². The van der Waals surface area contributed by atoms with Crippen LogP contribution in [0.3, 0.4) is 0 Å². The smallest absolute Gasteiger partial charge is 0.264 e. The third-order valence-corrected chi connectivity index (χ3v) is 9.82. The van der Waals surface area contributed by atoms with Crippen molar-refractivity contribution in [3.63, 3.8) is 0 Å². The average molecular weight is 585 g/mol. The first kappa shape index (κ1) is 27.5. The molecule has 5 rings (SSSR count). The van der Waals surface area contributed by atoms with Crippen molar-refractivity contribution in [3.8, 4) is 0 Å². The lowest BCUT2D eigenvalue weighted by molar-refractivity contribution is 0.0376. The number of morpholine rings is 1. The van der Waals surface area contributed by atoms with Crippen LogP contribution in [-0.2, 0) is 14.8 Å². The zero-order valence-electron chi connectivity index (χ0n) is 21.5. The van der Waals surface area contributed by atoms with Crippen LogP contribution in [0.15, 0.2) is 77.7 Å². The number of aromatic nitrogens is 1. The second kappa shape index (κ2) is 12.0. The van der Waals surface area contributed by atoms with Gasteiger partial charge in [0.15, 0.2) is 5.13 Å². The van der Waals surface area contributed by atoms with E-state index in [-0.39, 0.29) is 10.8 Å². The highest BCUT2D eigenvalue weighted by Gasteiger charge is 2.25. The van der Waals surface area contributed by atoms with Gasteiger partial charge in [-0.05, 0) is 55.0 Å². The Morgan fingerprint density at radius 1 is 1.03 bits per heavy atom. The molecule has 0 spiro atoms. The highest BCUT2D eigenvalue weighted by atomic mass is 35.5. The van der Waals surface area contributed by atoms with Gasteiger partial charge in [0.25, 0.3) is 15.9 Å². The Balaban J connectivity index is 1.39. The monoisotopic (exact) mass is 584 g/mol. The molecule has 4 aromatic rings. The van der Waals surface area contributed by atoms with Gasteiger partial charge in [0.1, 0.15) is 5.52 Å². The molecule has 0 saturated carbocycles. The molecular weight excluding hydrogens is 556 g/mol. The van der Waals surface area contributed by atoms with Crippen LogP contribution in [0.2, 0.25) is 5.02 Å². The van der Waals surface area contributed by atoms with E-state index >= 15 is 0 Å². The number of sulfonamides is 1. The number of carbonyl (C=O) groups is 1. The Bertz CT molecular complexity index is 1540. The van der Waals surface area contributed by atoms with E-state index in [0.29, 0.717) is 46.7 Å². The molecule has 0 unspecified atom stereocenters. The minimum Gasteiger partial charge on any atom is -0.379 e. The fourth-order valence-corrected chi connectivity index (χ4v) is 6.93. The summed E-state index contributed by atoms with van der Waals surface area (Å²) in [7, 11) is -2.28. The number of nitrogens with zero attached hydrogens (tertiary/aromatic N) is 4. The van der Waals surface area contributed by atoms with Gasteiger partial charge in [0, 0.05) is 38.8 Å². The minimum atomic E-state index is -3.79. The van der Waals surface area contributed by atoms with Crippen LogP contribution in [0, 0.1) is 0 Å². The standard InChI is InChI=1S/C28H29ClN4O4S2/c1-31(22-7-3-2-4-8-22)39(35,36)23-13-11-21(12-14-23)27(34)33(16-6-15-32-17-19-37-20-18-32)28-30-26-24(29)9-5-10-25(26)38-28/h2-5,7-14H,6,15-20H2,1H3. The first-order valence-corrected chi connectivity index (χ1v) is 15.3. The van der Waals surface area contributed by atoms with Gasteiger partial charge >= 0.3 is 0 Å². The normalized spacial score (nSPS) is 14.4. The van der Waals surface area contributed by atoms with E-state index in [4.69, 9.17) is 21.3 Å². The summed E-state index contributed by atoms with van der Waals surface area (Å²) < 4.78 is 33.9. The van der Waals surface area contributed by atoms with Crippen LogP contribution in [0.1, 0.15) is 16.8 Å². The number of para-hydroxylation sites is 2. The van der Waals surface area contributed by atoms with E-state index in [1.807, 2.05) is 18.2 Å². The number of hydrogen-bond donors (Lipinski definition) is 0. The molecule has 11 heteroatoms. The number of fused-ring (bicyclic) bond motifs is 1. The molecule has 0 aliphatic carbocycles. The Hall–Kier alpha value is -3.02. The van der Waals surface area contributed by atoms with E-state index in [1.165, 1.54) is 34.8 Å². The molecule has 1 aliphatic heterocycles. The van der Waals surface area contributed by atoms with Crippen molar-refractivity contribution in [2.24, 2.45) is 0 Å². The van der Waals surface area contributed by atoms with Gasteiger partial charge in [-0.2, -0.15) is 0 Å². The maximum Gasteiger partial charge on any atom is 0.264 e. The summed E-state index contributed by atoms with van der Waals surface area (Å²) in [5.41, 5.74) is 1.60. The molecule has 3 aromatic carbocycles. The van der Waals surface area contributed by atoms with Crippen molar-refractivity contribution in [2.45, 2.75) is 11.3 Å². The molecule has 0 radical (unpaired) electrons. The van der Waals surface area contributed by atoms with Crippen LogP contribution < -0.4 is 9.21 Å². The average Bonchev–Trinajstić information content (AvgIpc) is 3.41. The Labute approximate surface area is 237 Å². The lowest BCUT2D eigenvalue weighted by atomic mass is 10.2. The molecular formula is C28H29ClN4O4S2. The highest BCUT2D eigenvalue weighted by molar-refractivity contribution is 7.92. The van der Waals surface area contributed by atoms with Gasteiger partial charge in [-0.3, -0.25) is 18.9 Å². The predicted octanol–water partition coefficient (Wildman–Crippen LogP) is 5.14. The molecule has 0 N–H and O–H groups in total. The first-order chi connectivity index (χ1) is 18.8. The molecule has 1 saturated heterocycles. The molecule has 1 aliphatic rings. The third-order valence-electron chi connectivity index (χ3n) is 6.67. The number of thiazole rings is 1. The predicted molar refractivity (Wildman–Crippen MR) is 157 cm³/mol. The summed E-state index contributed by atoms with van der Waals surface area (Å²) in [4.78, 5) is 22.6. The van der Waals surface area contributed by atoms with E-state index in [0.717, 1.165) is 30.8 Å². The molecule has 0 atom stereocenters. The minimum absolute atomic E-state index is 0.107. The van der Waals surface area contributed by atoms with Crippen LogP contribution in [0.4, 0.5) is 10.8 Å². The summed E-state index contributed by atoms with van der Waals surface area (Å²) in [6.07, 6.45) is 0.754. The highest BCUT2D eigenvalue weighted by Crippen LogP contribution is 2.33. The van der Waals surface area contributed by atoms with Gasteiger partial charge < -0.3 is 4.74 Å². The molecule has 8 nitrogen and oxygen atoms in total. The Morgan fingerprint density at radius 3 is 2.44 bits per heavy atom. The molecule has 1 aromatic heterocycles. The summed E-state index contributed by atoms with van der Waals surface area (Å²) >= 11 is 7.78. The number of halogens is 1. The van der Waals surface area contributed by atoms with Crippen LogP contribution in [0.25, 0.3) is 10.2 Å². The third kappa shape index (κ3) is 6.10. The Kier molecular flexibility index (Phi) is 8.49. The SMILES string of the molecule is CN(c1ccccc1)S(=O)(=O)c1ccc(C(=O)N(CCCN2CCOCC2)c2nc3c(Cl)cccc3s2)cc1. The first-order valence-electron chi connectivity index (χ1n) is 12.7. The molecule has 204 valence electrons. The van der Waals surface area contributed by atoms with Crippen molar-refractivity contribution >= 4 is 59.9 Å². The summed E-state index contributed by atoms with van der Waals surface area (Å²) in [5, 5.41) is 1.10. The van der Waals surface area contributed by atoms with Crippen LogP contribution in [0.5, 0.6) is 0 Å². The number of benzene rings is 3. The Morgan fingerprint density at radius 2 is 1.74 bits per heavy atom. The van der Waals surface area contributed by atoms with Crippen LogP contribution in [-0.4, -0.2) is 70.6 Å². The zero-order chi connectivity index (χ0) is 27.4. The van der Waals surface area contributed by atoms with E-state index in [9.17, 15) is 13.2 Å². The lowest BCUT2D eigenvalue weighted by Gasteiger charge is -2.27. The number of ether oxygens (including phenoxy) is 1. The zero-order valence-corrected chi connectivity index (χ0v) is 23.9. The second-order valence-corrected chi connectivity index (χ2v) is 12.6. The topological polar surface area (TPSA) is 83.1 Å². The van der Waals surface area contributed by atoms with E-state index < -0.39 is 10.0 Å². The van der Waals surface area contributed by atoms with Crippen LogP contribution >= 0.6 is 22.9 Å². The fraction of sp³-hybridized carbons (Fsp3) is 0.286. The van der Waals surface area contributed by atoms with Crippen molar-refractivity contribution in [1.29, 1.82) is 0 Å². The van der Waals surface area contributed by atoms with E-state index in [1.54, 1.807) is 47.4 Å². The molecule has 0 bridgehead atoms. The van der Waals surface area contributed by atoms with Gasteiger partial charge in [0.2, 0.25) is 0 Å². The summed E-state index contributed by atoms with van der Waals surface area (Å²) in [5.74, 6) is -0.243. The largest absolute Gasteiger partial charge is 0.379 e. The molecule has 2 heterocycles. The van der Waals surface area contributed by atoms with Crippen molar-refractivity contribution < 1.29 is 17.9 Å². The van der Waals surface area contributed by atoms with E-state index in [2.05, 4.69) is 4.90 Å². The fourth-order valence-electron chi connectivity index (χ4n) is 4.44.